The monoisotopic (exact) mass is 268 g/mol. The summed E-state index contributed by atoms with van der Waals surface area (Å²) >= 11 is 0. The minimum Gasteiger partial charge on any atom is -0.492 e. The Morgan fingerprint density at radius 2 is 1.85 bits per heavy atom. The summed E-state index contributed by atoms with van der Waals surface area (Å²) in [6.45, 7) is 4.89. The van der Waals surface area contributed by atoms with Crippen molar-refractivity contribution in [3.8, 4) is 5.75 Å². The van der Waals surface area contributed by atoms with Crippen LogP contribution in [0.1, 0.15) is 33.7 Å². The lowest BCUT2D eigenvalue weighted by Crippen LogP contribution is -2.23. The van der Waals surface area contributed by atoms with Crippen molar-refractivity contribution in [3.05, 3.63) is 64.2 Å². The molecule has 0 amide bonds. The van der Waals surface area contributed by atoms with Crippen molar-refractivity contribution >= 4 is 0 Å². The lowest BCUT2D eigenvalue weighted by Gasteiger charge is -2.30. The molecule has 0 fully saturated rings. The Balaban J connectivity index is 1.71. The van der Waals surface area contributed by atoms with E-state index in [0.717, 1.165) is 35.5 Å². The van der Waals surface area contributed by atoms with Gasteiger partial charge >= 0.3 is 0 Å². The van der Waals surface area contributed by atoms with Crippen LogP contribution in [0.2, 0.25) is 0 Å². The second-order valence-corrected chi connectivity index (χ2v) is 5.63. The van der Waals surface area contributed by atoms with Gasteiger partial charge in [0.15, 0.2) is 0 Å². The first-order chi connectivity index (χ1) is 9.69. The number of aryl methyl sites for hydroxylation is 2. The van der Waals surface area contributed by atoms with Crippen molar-refractivity contribution in [1.82, 2.24) is 0 Å². The molecule has 0 aliphatic heterocycles. The van der Waals surface area contributed by atoms with Gasteiger partial charge in [-0.2, -0.15) is 0 Å². The second kappa shape index (κ2) is 5.29. The molecule has 1 unspecified atom stereocenters. The van der Waals surface area contributed by atoms with Crippen LogP contribution in [0, 0.1) is 13.8 Å². The summed E-state index contributed by atoms with van der Waals surface area (Å²) in [6, 6.07) is 12.6. The van der Waals surface area contributed by atoms with Crippen LogP contribution in [0.25, 0.3) is 0 Å². The minimum atomic E-state index is 0.0813. The van der Waals surface area contributed by atoms with E-state index in [1.54, 1.807) is 0 Å². The van der Waals surface area contributed by atoms with E-state index >= 15 is 0 Å². The number of aliphatic hydroxyl groups is 1. The minimum absolute atomic E-state index is 0.0813. The van der Waals surface area contributed by atoms with E-state index in [-0.39, 0.29) is 6.61 Å². The Kier molecular flexibility index (Phi) is 3.49. The van der Waals surface area contributed by atoms with Crippen molar-refractivity contribution in [2.75, 3.05) is 6.61 Å². The van der Waals surface area contributed by atoms with Gasteiger partial charge in [-0.25, -0.2) is 0 Å². The molecule has 0 spiro atoms. The molecule has 1 aliphatic rings. The quantitative estimate of drug-likeness (QED) is 0.919. The molecular weight excluding hydrogens is 248 g/mol. The smallest absolute Gasteiger partial charge is 0.125 e. The van der Waals surface area contributed by atoms with Gasteiger partial charge in [-0.3, -0.25) is 0 Å². The Morgan fingerprint density at radius 1 is 1.15 bits per heavy atom. The Labute approximate surface area is 120 Å². The normalized spacial score (nSPS) is 16.4. The molecule has 2 heteroatoms. The standard InChI is InChI=1S/C18H20O2/c1-12-7-14(10-19)8-13(2)18(12)20-11-16-9-15-5-3-4-6-17(15)16/h3-8,16,19H,9-11H2,1-2H3. The van der Waals surface area contributed by atoms with Crippen LogP contribution in [0.5, 0.6) is 5.75 Å². The van der Waals surface area contributed by atoms with Gasteiger partial charge in [-0.15, -0.1) is 0 Å². The molecule has 2 nitrogen and oxygen atoms in total. The maximum atomic E-state index is 9.21. The highest BCUT2D eigenvalue weighted by atomic mass is 16.5. The third-order valence-electron chi connectivity index (χ3n) is 4.09. The molecule has 0 saturated carbocycles. The molecule has 2 aromatic rings. The molecule has 0 bridgehead atoms. The molecule has 1 atom stereocenters. The number of benzene rings is 2. The first kappa shape index (κ1) is 13.2. The van der Waals surface area contributed by atoms with Crippen molar-refractivity contribution < 1.29 is 9.84 Å². The molecule has 3 rings (SSSR count). The van der Waals surface area contributed by atoms with Gasteiger partial charge < -0.3 is 9.84 Å². The van der Waals surface area contributed by atoms with Crippen molar-refractivity contribution in [3.63, 3.8) is 0 Å². The van der Waals surface area contributed by atoms with E-state index in [9.17, 15) is 5.11 Å². The third-order valence-corrected chi connectivity index (χ3v) is 4.09. The van der Waals surface area contributed by atoms with E-state index in [0.29, 0.717) is 5.92 Å². The average molecular weight is 268 g/mol. The van der Waals surface area contributed by atoms with Gasteiger partial charge in [0, 0.05) is 5.92 Å². The van der Waals surface area contributed by atoms with E-state index < -0.39 is 0 Å². The van der Waals surface area contributed by atoms with E-state index in [4.69, 9.17) is 4.74 Å². The van der Waals surface area contributed by atoms with Gasteiger partial charge in [0.1, 0.15) is 5.75 Å². The highest BCUT2D eigenvalue weighted by Crippen LogP contribution is 2.36. The van der Waals surface area contributed by atoms with Crippen molar-refractivity contribution in [2.45, 2.75) is 32.8 Å². The molecule has 0 saturated heterocycles. The first-order valence-corrected chi connectivity index (χ1v) is 7.10. The van der Waals surface area contributed by atoms with Gasteiger partial charge in [-0.05, 0) is 48.1 Å². The number of rotatable bonds is 4. The molecule has 0 aromatic heterocycles. The van der Waals surface area contributed by atoms with Crippen LogP contribution >= 0.6 is 0 Å². The molecule has 104 valence electrons. The molecule has 1 aliphatic carbocycles. The van der Waals surface area contributed by atoms with E-state index in [1.165, 1.54) is 11.1 Å². The Morgan fingerprint density at radius 3 is 2.50 bits per heavy atom. The van der Waals surface area contributed by atoms with Gasteiger partial charge in [0.25, 0.3) is 0 Å². The number of aliphatic hydroxyl groups excluding tert-OH is 1. The van der Waals surface area contributed by atoms with Crippen LogP contribution in [0.4, 0.5) is 0 Å². The fourth-order valence-electron chi connectivity index (χ4n) is 3.05. The fourth-order valence-corrected chi connectivity index (χ4v) is 3.05. The summed E-state index contributed by atoms with van der Waals surface area (Å²) in [6.07, 6.45) is 1.11. The van der Waals surface area contributed by atoms with Crippen LogP contribution in [-0.2, 0) is 13.0 Å². The predicted molar refractivity (Wildman–Crippen MR) is 80.2 cm³/mol. The molecule has 1 N–H and O–H groups in total. The van der Waals surface area contributed by atoms with Crippen LogP contribution < -0.4 is 4.74 Å². The highest BCUT2D eigenvalue weighted by molar-refractivity contribution is 5.44. The lowest BCUT2D eigenvalue weighted by atomic mass is 9.78. The van der Waals surface area contributed by atoms with E-state index in [1.807, 2.05) is 26.0 Å². The number of hydrogen-bond acceptors (Lipinski definition) is 2. The topological polar surface area (TPSA) is 29.5 Å². The summed E-state index contributed by atoms with van der Waals surface area (Å²) < 4.78 is 6.05. The third kappa shape index (κ3) is 2.32. The van der Waals surface area contributed by atoms with Gasteiger partial charge in [0.05, 0.1) is 13.2 Å². The lowest BCUT2D eigenvalue weighted by molar-refractivity contribution is 0.269. The van der Waals surface area contributed by atoms with Gasteiger partial charge in [0.2, 0.25) is 0 Å². The molecular formula is C18H20O2. The highest BCUT2D eigenvalue weighted by Gasteiger charge is 2.26. The summed E-state index contributed by atoms with van der Waals surface area (Å²) in [5.41, 5.74) is 6.02. The summed E-state index contributed by atoms with van der Waals surface area (Å²) in [5.74, 6) is 1.48. The first-order valence-electron chi connectivity index (χ1n) is 7.10. The number of ether oxygens (including phenoxy) is 1. The Bertz CT molecular complexity index is 608. The Hall–Kier alpha value is -1.80. The second-order valence-electron chi connectivity index (χ2n) is 5.63. The van der Waals surface area contributed by atoms with Crippen LogP contribution in [0.15, 0.2) is 36.4 Å². The fraction of sp³-hybridized carbons (Fsp3) is 0.333. The average Bonchev–Trinajstić information content (AvgIpc) is 2.42. The zero-order valence-corrected chi connectivity index (χ0v) is 12.0. The molecule has 0 heterocycles. The van der Waals surface area contributed by atoms with E-state index in [2.05, 4.69) is 24.3 Å². The molecule has 0 radical (unpaired) electrons. The SMILES string of the molecule is Cc1cc(CO)cc(C)c1OCC1Cc2ccccc21. The number of hydrogen-bond donors (Lipinski definition) is 1. The zero-order valence-electron chi connectivity index (χ0n) is 12.0. The van der Waals surface area contributed by atoms with Crippen molar-refractivity contribution in [1.29, 1.82) is 0 Å². The van der Waals surface area contributed by atoms with Gasteiger partial charge in [-0.1, -0.05) is 36.4 Å². The largest absolute Gasteiger partial charge is 0.492 e. The maximum Gasteiger partial charge on any atom is 0.125 e. The maximum absolute atomic E-state index is 9.21. The summed E-state index contributed by atoms with van der Waals surface area (Å²) in [5, 5.41) is 9.21. The van der Waals surface area contributed by atoms with Crippen molar-refractivity contribution in [2.24, 2.45) is 0 Å². The summed E-state index contributed by atoms with van der Waals surface area (Å²) in [4.78, 5) is 0. The van der Waals surface area contributed by atoms with Crippen LogP contribution in [-0.4, -0.2) is 11.7 Å². The number of fused-ring (bicyclic) bond motifs is 1. The molecule has 2 aromatic carbocycles. The summed E-state index contributed by atoms with van der Waals surface area (Å²) in [7, 11) is 0. The molecule has 20 heavy (non-hydrogen) atoms. The van der Waals surface area contributed by atoms with Crippen LogP contribution in [0.3, 0.4) is 0 Å². The zero-order chi connectivity index (χ0) is 14.1. The predicted octanol–water partition coefficient (Wildman–Crippen LogP) is 3.51.